The van der Waals surface area contributed by atoms with Crippen LogP contribution in [0.2, 0.25) is 0 Å². The summed E-state index contributed by atoms with van der Waals surface area (Å²) in [4.78, 5) is 31.1. The average molecular weight is 428 g/mol. The van der Waals surface area contributed by atoms with E-state index >= 15 is 0 Å². The number of halogens is 1. The van der Waals surface area contributed by atoms with Crippen LogP contribution in [0.25, 0.3) is 11.0 Å². The average Bonchev–Trinajstić information content (AvgIpc) is 3.17. The van der Waals surface area contributed by atoms with E-state index in [0.29, 0.717) is 17.6 Å². The summed E-state index contributed by atoms with van der Waals surface area (Å²) in [5.41, 5.74) is 1.15. The summed E-state index contributed by atoms with van der Waals surface area (Å²) in [6.45, 7) is 0.626. The SMILES string of the molecule is O=c1c2ncccc2n(Cc2ccc(Br)cc2)c(=O)n1Cc1cccs1. The zero-order valence-corrected chi connectivity index (χ0v) is 16.0. The van der Waals surface area contributed by atoms with Crippen LogP contribution in [0.5, 0.6) is 0 Å². The number of fused-ring (bicyclic) bond motifs is 1. The maximum absolute atomic E-state index is 13.1. The number of nitrogens with zero attached hydrogens (tertiary/aromatic N) is 3. The molecule has 0 saturated carbocycles. The van der Waals surface area contributed by atoms with Crippen molar-refractivity contribution in [3.05, 3.63) is 95.9 Å². The molecule has 0 unspecified atom stereocenters. The van der Waals surface area contributed by atoms with Crippen molar-refractivity contribution in [3.8, 4) is 0 Å². The van der Waals surface area contributed by atoms with Gasteiger partial charge in [-0.2, -0.15) is 0 Å². The van der Waals surface area contributed by atoms with Crippen LogP contribution in [0.15, 0.2) is 74.2 Å². The number of pyridine rings is 1. The quantitative estimate of drug-likeness (QED) is 0.500. The maximum Gasteiger partial charge on any atom is 0.332 e. The Labute approximate surface area is 161 Å². The lowest BCUT2D eigenvalue weighted by Gasteiger charge is -2.13. The Balaban J connectivity index is 1.91. The molecule has 130 valence electrons. The molecule has 0 aliphatic carbocycles. The van der Waals surface area contributed by atoms with Crippen LogP contribution in [-0.4, -0.2) is 14.1 Å². The first-order valence-electron chi connectivity index (χ1n) is 7.98. The van der Waals surface area contributed by atoms with Crippen LogP contribution in [-0.2, 0) is 13.1 Å². The summed E-state index contributed by atoms with van der Waals surface area (Å²) >= 11 is 4.94. The molecule has 0 aliphatic heterocycles. The highest BCUT2D eigenvalue weighted by molar-refractivity contribution is 9.10. The summed E-state index contributed by atoms with van der Waals surface area (Å²) in [7, 11) is 0. The van der Waals surface area contributed by atoms with Crippen molar-refractivity contribution in [1.29, 1.82) is 0 Å². The third-order valence-electron chi connectivity index (χ3n) is 4.13. The molecule has 4 rings (SSSR count). The van der Waals surface area contributed by atoms with Crippen LogP contribution < -0.4 is 11.2 Å². The maximum atomic E-state index is 13.1. The minimum atomic E-state index is -0.356. The molecule has 3 heterocycles. The van der Waals surface area contributed by atoms with Crippen molar-refractivity contribution in [2.24, 2.45) is 0 Å². The van der Waals surface area contributed by atoms with Gasteiger partial charge in [-0.25, -0.2) is 9.78 Å². The van der Waals surface area contributed by atoms with Gasteiger partial charge in [-0.1, -0.05) is 34.1 Å². The molecule has 5 nitrogen and oxygen atoms in total. The van der Waals surface area contributed by atoms with E-state index in [9.17, 15) is 9.59 Å². The molecule has 1 aromatic carbocycles. The van der Waals surface area contributed by atoms with E-state index in [1.54, 1.807) is 22.9 Å². The zero-order chi connectivity index (χ0) is 18.1. The van der Waals surface area contributed by atoms with E-state index in [2.05, 4.69) is 20.9 Å². The normalized spacial score (nSPS) is 11.1. The highest BCUT2D eigenvalue weighted by atomic mass is 79.9. The van der Waals surface area contributed by atoms with Gasteiger partial charge in [0.05, 0.1) is 18.6 Å². The molecular weight excluding hydrogens is 414 g/mol. The molecule has 0 fully saturated rings. The predicted molar refractivity (Wildman–Crippen MR) is 107 cm³/mol. The Morgan fingerprint density at radius 1 is 0.962 bits per heavy atom. The Morgan fingerprint density at radius 2 is 1.77 bits per heavy atom. The van der Waals surface area contributed by atoms with E-state index in [4.69, 9.17) is 0 Å². The van der Waals surface area contributed by atoms with E-state index in [1.807, 2.05) is 41.8 Å². The second-order valence-corrected chi connectivity index (χ2v) is 7.78. The fourth-order valence-electron chi connectivity index (χ4n) is 2.87. The lowest BCUT2D eigenvalue weighted by Crippen LogP contribution is -2.40. The van der Waals surface area contributed by atoms with Gasteiger partial charge in [0.1, 0.15) is 0 Å². The van der Waals surface area contributed by atoms with Gasteiger partial charge in [-0.15, -0.1) is 11.3 Å². The molecule has 3 aromatic heterocycles. The van der Waals surface area contributed by atoms with Crippen LogP contribution >= 0.6 is 27.3 Å². The number of rotatable bonds is 4. The minimum absolute atomic E-state index is 0.252. The van der Waals surface area contributed by atoms with Crippen molar-refractivity contribution in [2.75, 3.05) is 0 Å². The van der Waals surface area contributed by atoms with Crippen molar-refractivity contribution in [3.63, 3.8) is 0 Å². The summed E-state index contributed by atoms with van der Waals surface area (Å²) in [5.74, 6) is 0. The second-order valence-electron chi connectivity index (χ2n) is 5.84. The van der Waals surface area contributed by atoms with Crippen LogP contribution in [0.4, 0.5) is 0 Å². The molecular formula is C19H14BrN3O2S. The third-order valence-corrected chi connectivity index (χ3v) is 5.52. The molecule has 0 N–H and O–H groups in total. The van der Waals surface area contributed by atoms with E-state index in [-0.39, 0.29) is 17.8 Å². The van der Waals surface area contributed by atoms with Gasteiger partial charge >= 0.3 is 5.69 Å². The van der Waals surface area contributed by atoms with E-state index in [1.165, 1.54) is 15.9 Å². The molecule has 0 bridgehead atoms. The number of thiophene rings is 1. The van der Waals surface area contributed by atoms with E-state index in [0.717, 1.165) is 14.9 Å². The topological polar surface area (TPSA) is 56.9 Å². The summed E-state index contributed by atoms with van der Waals surface area (Å²) in [6.07, 6.45) is 1.58. The monoisotopic (exact) mass is 427 g/mol. The number of benzene rings is 1. The van der Waals surface area contributed by atoms with Crippen LogP contribution in [0, 0.1) is 0 Å². The molecule has 0 atom stereocenters. The Hall–Kier alpha value is -2.51. The lowest BCUT2D eigenvalue weighted by molar-refractivity contribution is 0.637. The molecule has 0 saturated heterocycles. The molecule has 4 aromatic rings. The number of hydrogen-bond donors (Lipinski definition) is 0. The second kappa shape index (κ2) is 7.01. The molecule has 0 radical (unpaired) electrons. The Morgan fingerprint density at radius 3 is 2.50 bits per heavy atom. The minimum Gasteiger partial charge on any atom is -0.287 e. The van der Waals surface area contributed by atoms with Gasteiger partial charge in [0.25, 0.3) is 5.56 Å². The van der Waals surface area contributed by atoms with Gasteiger partial charge in [0.15, 0.2) is 5.52 Å². The van der Waals surface area contributed by atoms with Gasteiger partial charge in [0.2, 0.25) is 0 Å². The largest absolute Gasteiger partial charge is 0.332 e. The Bertz CT molecular complexity index is 1180. The first-order chi connectivity index (χ1) is 12.6. The molecule has 7 heteroatoms. The van der Waals surface area contributed by atoms with Gasteiger partial charge in [-0.3, -0.25) is 13.9 Å². The van der Waals surface area contributed by atoms with Crippen molar-refractivity contribution >= 4 is 38.3 Å². The van der Waals surface area contributed by atoms with Crippen molar-refractivity contribution in [2.45, 2.75) is 13.1 Å². The van der Waals surface area contributed by atoms with Gasteiger partial charge < -0.3 is 0 Å². The fraction of sp³-hybridized carbons (Fsp3) is 0.105. The molecule has 0 aliphatic rings. The lowest BCUT2D eigenvalue weighted by atomic mass is 10.2. The van der Waals surface area contributed by atoms with Crippen LogP contribution in [0.3, 0.4) is 0 Å². The number of aromatic nitrogens is 3. The fourth-order valence-corrected chi connectivity index (χ4v) is 3.82. The summed E-state index contributed by atoms with van der Waals surface area (Å²) in [5, 5.41) is 1.93. The Kier molecular flexibility index (Phi) is 4.57. The standard InChI is InChI=1S/C19H14BrN3O2S/c20-14-7-5-13(6-8-14)11-22-16-4-1-9-21-17(16)18(24)23(19(22)25)12-15-3-2-10-26-15/h1-10H,11-12H2. The van der Waals surface area contributed by atoms with Gasteiger partial charge in [-0.05, 0) is 41.3 Å². The molecule has 26 heavy (non-hydrogen) atoms. The summed E-state index contributed by atoms with van der Waals surface area (Å²) in [6, 6.07) is 15.1. The highest BCUT2D eigenvalue weighted by Crippen LogP contribution is 2.14. The first-order valence-corrected chi connectivity index (χ1v) is 9.66. The predicted octanol–water partition coefficient (Wildman–Crippen LogP) is 3.48. The van der Waals surface area contributed by atoms with Crippen LogP contribution in [0.1, 0.15) is 10.4 Å². The molecule has 0 spiro atoms. The zero-order valence-electron chi connectivity index (χ0n) is 13.6. The van der Waals surface area contributed by atoms with Crippen molar-refractivity contribution in [1.82, 2.24) is 14.1 Å². The van der Waals surface area contributed by atoms with Crippen molar-refractivity contribution < 1.29 is 0 Å². The number of hydrogen-bond acceptors (Lipinski definition) is 4. The first kappa shape index (κ1) is 16.9. The van der Waals surface area contributed by atoms with E-state index < -0.39 is 0 Å². The highest BCUT2D eigenvalue weighted by Gasteiger charge is 2.14. The van der Waals surface area contributed by atoms with Gasteiger partial charge in [0, 0.05) is 15.5 Å². The molecule has 0 amide bonds. The smallest absolute Gasteiger partial charge is 0.287 e. The summed E-state index contributed by atoms with van der Waals surface area (Å²) < 4.78 is 3.85. The third kappa shape index (κ3) is 3.15.